The minimum Gasteiger partial charge on any atom is -0.496 e. The van der Waals surface area contributed by atoms with Gasteiger partial charge in [-0.25, -0.2) is 0 Å². The summed E-state index contributed by atoms with van der Waals surface area (Å²) in [4.78, 5) is 24.9. The van der Waals surface area contributed by atoms with Crippen LogP contribution in [0.5, 0.6) is 5.75 Å². The number of para-hydroxylation sites is 1. The van der Waals surface area contributed by atoms with Crippen LogP contribution in [0.4, 0.5) is 0 Å². The molecule has 1 aliphatic rings. The third kappa shape index (κ3) is 3.33. The number of hydrogen-bond donors (Lipinski definition) is 2. The summed E-state index contributed by atoms with van der Waals surface area (Å²) in [6, 6.07) is 6.83. The van der Waals surface area contributed by atoms with Crippen LogP contribution in [-0.4, -0.2) is 48.1 Å². The van der Waals surface area contributed by atoms with Crippen molar-refractivity contribution < 1.29 is 19.4 Å². The van der Waals surface area contributed by atoms with Crippen LogP contribution in [0.1, 0.15) is 24.9 Å². The zero-order valence-electron chi connectivity index (χ0n) is 12.2. The average molecular weight is 292 g/mol. The van der Waals surface area contributed by atoms with Gasteiger partial charge in [-0.3, -0.25) is 14.5 Å². The number of carbonyl (C=O) groups is 2. The van der Waals surface area contributed by atoms with E-state index in [0.717, 1.165) is 11.3 Å². The Morgan fingerprint density at radius 3 is 2.90 bits per heavy atom. The highest BCUT2D eigenvalue weighted by Gasteiger charge is 2.35. The van der Waals surface area contributed by atoms with Gasteiger partial charge in [0.1, 0.15) is 11.8 Å². The summed E-state index contributed by atoms with van der Waals surface area (Å²) in [5, 5.41) is 11.8. The molecule has 114 valence electrons. The first-order valence-corrected chi connectivity index (χ1v) is 6.92. The van der Waals surface area contributed by atoms with Crippen LogP contribution in [0, 0.1) is 0 Å². The quantitative estimate of drug-likeness (QED) is 0.847. The van der Waals surface area contributed by atoms with Crippen molar-refractivity contribution in [3.8, 4) is 5.75 Å². The SMILES string of the molecule is COc1ccccc1C(C)N1CCNC(=O)C1CC(=O)O. The fraction of sp³-hybridized carbons (Fsp3) is 0.467. The molecule has 0 spiro atoms. The van der Waals surface area contributed by atoms with E-state index in [1.165, 1.54) is 0 Å². The van der Waals surface area contributed by atoms with Crippen molar-refractivity contribution in [2.45, 2.75) is 25.4 Å². The Morgan fingerprint density at radius 2 is 2.24 bits per heavy atom. The third-order valence-corrected chi connectivity index (χ3v) is 3.83. The first-order chi connectivity index (χ1) is 10.0. The van der Waals surface area contributed by atoms with Gasteiger partial charge in [-0.15, -0.1) is 0 Å². The minimum atomic E-state index is -0.978. The summed E-state index contributed by atoms with van der Waals surface area (Å²) in [5.74, 6) is -0.468. The van der Waals surface area contributed by atoms with Crippen LogP contribution < -0.4 is 10.1 Å². The average Bonchev–Trinajstić information content (AvgIpc) is 2.48. The van der Waals surface area contributed by atoms with Crippen molar-refractivity contribution >= 4 is 11.9 Å². The molecule has 1 amide bonds. The number of nitrogens with zero attached hydrogens (tertiary/aromatic N) is 1. The van der Waals surface area contributed by atoms with Crippen LogP contribution in [-0.2, 0) is 9.59 Å². The molecule has 2 rings (SSSR count). The number of nitrogens with one attached hydrogen (secondary N) is 1. The predicted molar refractivity (Wildman–Crippen MR) is 77.2 cm³/mol. The van der Waals surface area contributed by atoms with E-state index < -0.39 is 12.0 Å². The second-order valence-corrected chi connectivity index (χ2v) is 5.06. The number of benzene rings is 1. The highest BCUT2D eigenvalue weighted by molar-refractivity contribution is 5.86. The summed E-state index contributed by atoms with van der Waals surface area (Å²) in [6.07, 6.45) is -0.203. The number of carbonyl (C=O) groups excluding carboxylic acids is 1. The van der Waals surface area contributed by atoms with Gasteiger partial charge in [0.15, 0.2) is 0 Å². The van der Waals surface area contributed by atoms with Gasteiger partial charge in [-0.05, 0) is 13.0 Å². The molecule has 2 N–H and O–H groups in total. The first-order valence-electron chi connectivity index (χ1n) is 6.92. The molecule has 0 bridgehead atoms. The fourth-order valence-electron chi connectivity index (χ4n) is 2.76. The van der Waals surface area contributed by atoms with Gasteiger partial charge in [0.25, 0.3) is 0 Å². The van der Waals surface area contributed by atoms with Crippen LogP contribution in [0.25, 0.3) is 0 Å². The predicted octanol–water partition coefficient (Wildman–Crippen LogP) is 1.03. The highest BCUT2D eigenvalue weighted by atomic mass is 16.5. The van der Waals surface area contributed by atoms with E-state index in [1.54, 1.807) is 7.11 Å². The van der Waals surface area contributed by atoms with Gasteiger partial charge >= 0.3 is 5.97 Å². The van der Waals surface area contributed by atoms with E-state index in [1.807, 2.05) is 36.1 Å². The van der Waals surface area contributed by atoms with Gasteiger partial charge in [0.05, 0.1) is 13.5 Å². The monoisotopic (exact) mass is 292 g/mol. The number of rotatable bonds is 5. The van der Waals surface area contributed by atoms with E-state index >= 15 is 0 Å². The van der Waals surface area contributed by atoms with E-state index in [-0.39, 0.29) is 18.4 Å². The standard InChI is InChI=1S/C15H20N2O4/c1-10(11-5-3-4-6-13(11)21-2)17-8-7-16-15(20)12(17)9-14(18)19/h3-6,10,12H,7-9H2,1-2H3,(H,16,20)(H,18,19). The van der Waals surface area contributed by atoms with Crippen LogP contribution >= 0.6 is 0 Å². The second kappa shape index (κ2) is 6.58. The smallest absolute Gasteiger partial charge is 0.305 e. The molecule has 0 aromatic heterocycles. The third-order valence-electron chi connectivity index (χ3n) is 3.83. The van der Waals surface area contributed by atoms with Crippen molar-refractivity contribution in [2.24, 2.45) is 0 Å². The Bertz CT molecular complexity index is 532. The van der Waals surface area contributed by atoms with E-state index in [4.69, 9.17) is 9.84 Å². The number of piperazine rings is 1. The highest BCUT2D eigenvalue weighted by Crippen LogP contribution is 2.31. The van der Waals surface area contributed by atoms with Gasteiger partial charge < -0.3 is 15.2 Å². The van der Waals surface area contributed by atoms with E-state index in [2.05, 4.69) is 5.32 Å². The van der Waals surface area contributed by atoms with Crippen molar-refractivity contribution in [1.29, 1.82) is 0 Å². The topological polar surface area (TPSA) is 78.9 Å². The molecular weight excluding hydrogens is 272 g/mol. The molecule has 1 heterocycles. The molecular formula is C15H20N2O4. The Hall–Kier alpha value is -2.08. The lowest BCUT2D eigenvalue weighted by Crippen LogP contribution is -2.56. The molecule has 0 radical (unpaired) electrons. The molecule has 21 heavy (non-hydrogen) atoms. The molecule has 1 aromatic rings. The summed E-state index contributed by atoms with van der Waals surface area (Å²) >= 11 is 0. The molecule has 0 saturated carbocycles. The van der Waals surface area contributed by atoms with Crippen molar-refractivity contribution in [3.63, 3.8) is 0 Å². The van der Waals surface area contributed by atoms with Crippen LogP contribution in [0.3, 0.4) is 0 Å². The molecule has 2 atom stereocenters. The summed E-state index contributed by atoms with van der Waals surface area (Å²) < 4.78 is 5.36. The maximum atomic E-state index is 12.0. The second-order valence-electron chi connectivity index (χ2n) is 5.06. The largest absolute Gasteiger partial charge is 0.496 e. The Kier molecular flexibility index (Phi) is 4.80. The summed E-state index contributed by atoms with van der Waals surface area (Å²) in [6.45, 7) is 3.10. The number of amides is 1. The lowest BCUT2D eigenvalue weighted by atomic mass is 10.0. The molecule has 6 heteroatoms. The lowest BCUT2D eigenvalue weighted by molar-refractivity contribution is -0.143. The fourth-order valence-corrected chi connectivity index (χ4v) is 2.76. The number of methoxy groups -OCH3 is 1. The Morgan fingerprint density at radius 1 is 1.52 bits per heavy atom. The molecule has 1 saturated heterocycles. The number of carboxylic acid groups (broad SMARTS) is 1. The first kappa shape index (κ1) is 15.3. The lowest BCUT2D eigenvalue weighted by Gasteiger charge is -2.39. The molecule has 0 aliphatic carbocycles. The van der Waals surface area contributed by atoms with Gasteiger partial charge in [-0.2, -0.15) is 0 Å². The van der Waals surface area contributed by atoms with Gasteiger partial charge in [0.2, 0.25) is 5.91 Å². The van der Waals surface area contributed by atoms with E-state index in [0.29, 0.717) is 13.1 Å². The van der Waals surface area contributed by atoms with Crippen LogP contribution in [0.15, 0.2) is 24.3 Å². The van der Waals surface area contributed by atoms with Crippen molar-refractivity contribution in [2.75, 3.05) is 20.2 Å². The van der Waals surface area contributed by atoms with E-state index in [9.17, 15) is 9.59 Å². The Labute approximate surface area is 123 Å². The minimum absolute atomic E-state index is 0.100. The zero-order chi connectivity index (χ0) is 15.4. The molecule has 1 aliphatic heterocycles. The molecule has 2 unspecified atom stereocenters. The summed E-state index contributed by atoms with van der Waals surface area (Å²) in [5.41, 5.74) is 0.949. The van der Waals surface area contributed by atoms with Crippen molar-refractivity contribution in [3.05, 3.63) is 29.8 Å². The number of hydrogen-bond acceptors (Lipinski definition) is 4. The zero-order valence-corrected chi connectivity index (χ0v) is 12.2. The number of aliphatic carboxylic acids is 1. The number of carboxylic acids is 1. The summed E-state index contributed by atoms with van der Waals surface area (Å²) in [7, 11) is 1.60. The maximum Gasteiger partial charge on any atom is 0.305 e. The normalized spacial score (nSPS) is 20.7. The number of ether oxygens (including phenoxy) is 1. The van der Waals surface area contributed by atoms with Gasteiger partial charge in [0, 0.05) is 24.7 Å². The Balaban J connectivity index is 2.28. The maximum absolute atomic E-state index is 12.0. The van der Waals surface area contributed by atoms with Gasteiger partial charge in [-0.1, -0.05) is 18.2 Å². The molecule has 6 nitrogen and oxygen atoms in total. The van der Waals surface area contributed by atoms with Crippen LogP contribution in [0.2, 0.25) is 0 Å². The van der Waals surface area contributed by atoms with Crippen molar-refractivity contribution in [1.82, 2.24) is 10.2 Å². The molecule has 1 fully saturated rings. The molecule has 1 aromatic carbocycles.